The lowest BCUT2D eigenvalue weighted by atomic mass is 9.73. The topological polar surface area (TPSA) is 54.3 Å². The third-order valence-electron chi connectivity index (χ3n) is 4.80. The van der Waals surface area contributed by atoms with E-state index in [9.17, 15) is 0 Å². The first-order chi connectivity index (χ1) is 9.68. The summed E-state index contributed by atoms with van der Waals surface area (Å²) in [6, 6.07) is 6.23. The molecule has 1 aromatic heterocycles. The molecule has 3 rings (SSSR count). The van der Waals surface area contributed by atoms with Gasteiger partial charge in [0.25, 0.3) is 0 Å². The van der Waals surface area contributed by atoms with Crippen LogP contribution >= 0.6 is 0 Å². The van der Waals surface area contributed by atoms with E-state index in [0.29, 0.717) is 6.54 Å². The Labute approximate surface area is 119 Å². The molecule has 0 radical (unpaired) electrons. The minimum atomic E-state index is 0.110. The third-order valence-corrected chi connectivity index (χ3v) is 4.80. The van der Waals surface area contributed by atoms with Gasteiger partial charge in [-0.1, -0.05) is 0 Å². The molecule has 1 aliphatic rings. The van der Waals surface area contributed by atoms with Crippen molar-refractivity contribution in [2.45, 2.75) is 18.3 Å². The Bertz CT molecular complexity index is 597. The van der Waals surface area contributed by atoms with Gasteiger partial charge in [-0.15, -0.1) is 0 Å². The van der Waals surface area contributed by atoms with Gasteiger partial charge in [-0.2, -0.15) is 0 Å². The van der Waals surface area contributed by atoms with Crippen molar-refractivity contribution >= 4 is 10.9 Å². The number of ether oxygens (including phenoxy) is 1. The van der Waals surface area contributed by atoms with Crippen molar-refractivity contribution in [3.05, 3.63) is 30.0 Å². The standard InChI is InChI=1S/C16H23N3O/c1-19-7-5-16(11-17,6-8-19)14-10-18-15-9-12(20-2)3-4-13(14)15/h3-4,9-10,18H,5-8,11,17H2,1-2H3. The minimum absolute atomic E-state index is 0.110. The van der Waals surface area contributed by atoms with Crippen LogP contribution in [0.2, 0.25) is 0 Å². The minimum Gasteiger partial charge on any atom is -0.497 e. The average molecular weight is 273 g/mol. The van der Waals surface area contributed by atoms with Crippen molar-refractivity contribution in [1.29, 1.82) is 0 Å². The van der Waals surface area contributed by atoms with Gasteiger partial charge in [-0.05, 0) is 50.7 Å². The number of rotatable bonds is 3. The molecule has 0 amide bonds. The van der Waals surface area contributed by atoms with Crippen LogP contribution in [0.25, 0.3) is 10.9 Å². The molecule has 3 N–H and O–H groups in total. The summed E-state index contributed by atoms with van der Waals surface area (Å²) in [6.45, 7) is 2.93. The number of piperidine rings is 1. The van der Waals surface area contributed by atoms with Crippen LogP contribution in [0.15, 0.2) is 24.4 Å². The lowest BCUT2D eigenvalue weighted by Crippen LogP contribution is -2.45. The number of likely N-dealkylation sites (tertiary alicyclic amines) is 1. The van der Waals surface area contributed by atoms with Gasteiger partial charge in [0.05, 0.1) is 7.11 Å². The molecule has 0 saturated carbocycles. The number of benzene rings is 1. The second-order valence-corrected chi connectivity index (χ2v) is 5.90. The van der Waals surface area contributed by atoms with Crippen LogP contribution in [0, 0.1) is 0 Å². The normalized spacial score (nSPS) is 19.4. The second kappa shape index (κ2) is 5.11. The van der Waals surface area contributed by atoms with E-state index >= 15 is 0 Å². The first-order valence-electron chi connectivity index (χ1n) is 7.23. The van der Waals surface area contributed by atoms with Crippen molar-refractivity contribution in [3.8, 4) is 5.75 Å². The monoisotopic (exact) mass is 273 g/mol. The maximum absolute atomic E-state index is 6.16. The molecule has 1 saturated heterocycles. The molecule has 0 atom stereocenters. The molecule has 1 aliphatic heterocycles. The lowest BCUT2D eigenvalue weighted by molar-refractivity contribution is 0.193. The maximum Gasteiger partial charge on any atom is 0.120 e. The summed E-state index contributed by atoms with van der Waals surface area (Å²) in [5.41, 5.74) is 8.77. The fourth-order valence-electron chi connectivity index (χ4n) is 3.30. The van der Waals surface area contributed by atoms with Gasteiger partial charge < -0.3 is 20.4 Å². The van der Waals surface area contributed by atoms with E-state index < -0.39 is 0 Å². The summed E-state index contributed by atoms with van der Waals surface area (Å²) in [7, 11) is 3.88. The Balaban J connectivity index is 2.04. The van der Waals surface area contributed by atoms with Crippen molar-refractivity contribution < 1.29 is 4.74 Å². The Morgan fingerprint density at radius 2 is 2.10 bits per heavy atom. The van der Waals surface area contributed by atoms with E-state index in [1.54, 1.807) is 7.11 Å². The van der Waals surface area contributed by atoms with Crippen LogP contribution in [0.1, 0.15) is 18.4 Å². The van der Waals surface area contributed by atoms with Crippen LogP contribution < -0.4 is 10.5 Å². The molecule has 2 aromatic rings. The first-order valence-corrected chi connectivity index (χ1v) is 7.23. The summed E-state index contributed by atoms with van der Waals surface area (Å²) in [5.74, 6) is 0.885. The van der Waals surface area contributed by atoms with E-state index in [4.69, 9.17) is 10.5 Å². The molecular weight excluding hydrogens is 250 g/mol. The highest BCUT2D eigenvalue weighted by Crippen LogP contribution is 2.38. The smallest absolute Gasteiger partial charge is 0.120 e. The molecule has 4 heteroatoms. The molecule has 0 unspecified atom stereocenters. The summed E-state index contributed by atoms with van der Waals surface area (Å²) >= 11 is 0. The van der Waals surface area contributed by atoms with E-state index in [1.807, 2.05) is 6.07 Å². The Kier molecular flexibility index (Phi) is 3.44. The fraction of sp³-hybridized carbons (Fsp3) is 0.500. The Morgan fingerprint density at radius 1 is 1.35 bits per heavy atom. The van der Waals surface area contributed by atoms with E-state index in [1.165, 1.54) is 10.9 Å². The number of hydrogen-bond donors (Lipinski definition) is 2. The zero-order chi connectivity index (χ0) is 14.2. The highest BCUT2D eigenvalue weighted by Gasteiger charge is 2.35. The molecule has 0 spiro atoms. The molecule has 108 valence electrons. The Hall–Kier alpha value is -1.52. The number of H-pyrrole nitrogens is 1. The summed E-state index contributed by atoms with van der Waals surface area (Å²) in [5, 5.41) is 1.28. The summed E-state index contributed by atoms with van der Waals surface area (Å²) in [6.07, 6.45) is 4.39. The van der Waals surface area contributed by atoms with E-state index in [0.717, 1.165) is 37.2 Å². The molecule has 1 aromatic carbocycles. The molecular formula is C16H23N3O. The summed E-state index contributed by atoms with van der Waals surface area (Å²) < 4.78 is 5.29. The second-order valence-electron chi connectivity index (χ2n) is 5.90. The van der Waals surface area contributed by atoms with Gasteiger partial charge in [0.1, 0.15) is 5.75 Å². The highest BCUT2D eigenvalue weighted by atomic mass is 16.5. The predicted molar refractivity (Wildman–Crippen MR) is 82.3 cm³/mol. The van der Waals surface area contributed by atoms with Crippen molar-refractivity contribution in [2.24, 2.45) is 5.73 Å². The predicted octanol–water partition coefficient (Wildman–Crippen LogP) is 2.10. The number of aromatic nitrogens is 1. The van der Waals surface area contributed by atoms with Gasteiger partial charge in [0.2, 0.25) is 0 Å². The maximum atomic E-state index is 6.16. The number of hydrogen-bond acceptors (Lipinski definition) is 3. The van der Waals surface area contributed by atoms with E-state index in [2.05, 4.69) is 35.3 Å². The van der Waals surface area contributed by atoms with Crippen molar-refractivity contribution in [2.75, 3.05) is 33.8 Å². The lowest BCUT2D eigenvalue weighted by Gasteiger charge is -2.40. The summed E-state index contributed by atoms with van der Waals surface area (Å²) in [4.78, 5) is 5.76. The number of nitrogens with two attached hydrogens (primary N) is 1. The van der Waals surface area contributed by atoms with Gasteiger partial charge in [0.15, 0.2) is 0 Å². The first kappa shape index (κ1) is 13.5. The number of fused-ring (bicyclic) bond motifs is 1. The van der Waals surface area contributed by atoms with Crippen LogP contribution in [-0.2, 0) is 5.41 Å². The van der Waals surface area contributed by atoms with Gasteiger partial charge in [-0.25, -0.2) is 0 Å². The Morgan fingerprint density at radius 3 is 2.75 bits per heavy atom. The number of nitrogens with one attached hydrogen (secondary N) is 1. The largest absolute Gasteiger partial charge is 0.497 e. The van der Waals surface area contributed by atoms with Crippen molar-refractivity contribution in [1.82, 2.24) is 9.88 Å². The molecule has 20 heavy (non-hydrogen) atoms. The zero-order valence-electron chi connectivity index (χ0n) is 12.3. The van der Waals surface area contributed by atoms with Crippen LogP contribution in [0.4, 0.5) is 0 Å². The molecule has 0 bridgehead atoms. The number of aromatic amines is 1. The van der Waals surface area contributed by atoms with E-state index in [-0.39, 0.29) is 5.41 Å². The number of methoxy groups -OCH3 is 1. The average Bonchev–Trinajstić information content (AvgIpc) is 2.92. The van der Waals surface area contributed by atoms with Gasteiger partial charge in [-0.3, -0.25) is 0 Å². The molecule has 1 fully saturated rings. The van der Waals surface area contributed by atoms with Gasteiger partial charge >= 0.3 is 0 Å². The van der Waals surface area contributed by atoms with Crippen molar-refractivity contribution in [3.63, 3.8) is 0 Å². The highest BCUT2D eigenvalue weighted by molar-refractivity contribution is 5.85. The third kappa shape index (κ3) is 2.09. The molecule has 0 aliphatic carbocycles. The molecule has 4 nitrogen and oxygen atoms in total. The molecule has 2 heterocycles. The fourth-order valence-corrected chi connectivity index (χ4v) is 3.30. The number of nitrogens with zero attached hydrogens (tertiary/aromatic N) is 1. The zero-order valence-corrected chi connectivity index (χ0v) is 12.3. The quantitative estimate of drug-likeness (QED) is 0.900. The van der Waals surface area contributed by atoms with Gasteiger partial charge in [0, 0.05) is 35.1 Å². The van der Waals surface area contributed by atoms with Crippen LogP contribution in [0.3, 0.4) is 0 Å². The SMILES string of the molecule is COc1ccc2c(C3(CN)CCN(C)CC3)c[nH]c2c1. The van der Waals surface area contributed by atoms with Crippen LogP contribution in [0.5, 0.6) is 5.75 Å². The van der Waals surface area contributed by atoms with Crippen LogP contribution in [-0.4, -0.2) is 43.7 Å².